The molecule has 20 aliphatic rings. The molecule has 8 N–H and O–H groups in total. The van der Waals surface area contributed by atoms with Crippen LogP contribution in [0.4, 0.5) is 0 Å². The molecule has 0 radical (unpaired) electrons. The second-order valence-corrected chi connectivity index (χ2v) is 47.1. The van der Waals surface area contributed by atoms with E-state index in [1.54, 1.807) is 19.1 Å². The summed E-state index contributed by atoms with van der Waals surface area (Å²) in [6, 6.07) is 15.1. The summed E-state index contributed by atoms with van der Waals surface area (Å²) in [6.45, 7) is 22.1. The molecular formula is C112H147ClN2O23S. The number of aliphatic hydroxyl groups is 5. The Morgan fingerprint density at radius 3 is 2.08 bits per heavy atom. The lowest BCUT2D eigenvalue weighted by Crippen LogP contribution is -2.70. The number of hydrogen-bond acceptors (Lipinski definition) is 23. The van der Waals surface area contributed by atoms with E-state index in [0.29, 0.717) is 103 Å². The first kappa shape index (κ1) is 104. The molecule has 25 nitrogen and oxygen atoms in total. The van der Waals surface area contributed by atoms with E-state index >= 15 is 0 Å². The Morgan fingerprint density at radius 2 is 1.42 bits per heavy atom. The number of carbonyl (C=O) groups excluding carboxylic acids is 6. The molecule has 4 unspecified atom stereocenters. The van der Waals surface area contributed by atoms with E-state index in [9.17, 15) is 74.1 Å². The number of rotatable bonds is 16. The van der Waals surface area contributed by atoms with Crippen molar-refractivity contribution in [1.82, 2.24) is 9.80 Å². The Bertz CT molecular complexity index is 5360. The summed E-state index contributed by atoms with van der Waals surface area (Å²) in [6.07, 6.45) is 45.1. The molecule has 1 spiro atoms. The second-order valence-electron chi connectivity index (χ2n) is 45.5. The van der Waals surface area contributed by atoms with E-state index < -0.39 is 101 Å². The minimum absolute atomic E-state index is 0.00243. The van der Waals surface area contributed by atoms with Crippen LogP contribution in [0.1, 0.15) is 285 Å². The first-order valence-electron chi connectivity index (χ1n) is 51.5. The second kappa shape index (κ2) is 40.1. The van der Waals surface area contributed by atoms with Gasteiger partial charge < -0.3 is 69.4 Å². The van der Waals surface area contributed by atoms with E-state index in [4.69, 9.17) is 63.0 Å². The third kappa shape index (κ3) is 18.3. The van der Waals surface area contributed by atoms with Crippen molar-refractivity contribution in [3.05, 3.63) is 134 Å². The van der Waals surface area contributed by atoms with Gasteiger partial charge in [-0.05, 0) is 324 Å². The molecule has 756 valence electrons. The Balaban J connectivity index is 0.000000121. The number of aromatic hydroxyl groups is 1. The van der Waals surface area contributed by atoms with Gasteiger partial charge in [-0.1, -0.05) is 139 Å². The van der Waals surface area contributed by atoms with Crippen LogP contribution in [0.15, 0.2) is 112 Å². The van der Waals surface area contributed by atoms with Gasteiger partial charge in [-0.2, -0.15) is 0 Å². The average molecular weight is 1960 g/mol. The summed E-state index contributed by atoms with van der Waals surface area (Å²) >= 11 is 7.39. The van der Waals surface area contributed by atoms with Gasteiger partial charge in [-0.25, -0.2) is 14.6 Å². The standard InChI is InChI=1S/C23H30O6.C21H24O2.C20H24O2.C19H28O8.C17H26ClN.C12H15NO5S/c1-13(24)29-12-19(27)23(28)9-7-17-16-5-4-14-10-15(25)6-8-21(14,2)20(16)18(26)11-22(17,23)3;1-3-20-11-9-17-16-8-6-15(22)13-14(16)5-7-18(17)19(20)10-12-21(20,23)4-2;1-3-20(22)11-9-18-17-6-4-13-12-14(21)5-7-15(13)16(17)8-10-19(18,20)2;1-10-4-5-13-11(2)16(23-15(22)7-6-14(20)21)24-17-19(13)12(10)8-9-18(3,25-17)26-27-19;1-13(2)12-16(19(3)4)17(10-5-11-17)14-6-8-15(18)9-7-14;1-5(14)7-10(15)13-8(12(16)17)9(19-11(7)13)6-3-2-4-18-6/h6,8,10,16-18,20,26,28H,4-5,7,9,11-12H2,1-3H3;2,9,11,13,18-19,23H,3,5-8,10,12H2,1H3;1,5,7,12,16-18,21-22H,4,6,8-11H2,2H3;10-13,16-17H,4-9H2,1-3H3,(H,20,21);6-9,13,16H,5,10-12H2,1-4H3;5-7,11,14H,2-4H2,1H3,(H,16,17)/t16-,17-,18-,20?,21-,22-,23?;18-,19+,20-,21-;16-,17-,18+,19-,20+;10-,11-,12-,13+,16+,17-,18-,19-;;5-,6-,7?,11-/m0111.1/s1. The third-order valence-corrected chi connectivity index (χ3v) is 39.5. The number of phenols is 1. The van der Waals surface area contributed by atoms with Crippen LogP contribution < -0.4 is 0 Å². The fourth-order valence-electron chi connectivity index (χ4n) is 30.4. The zero-order valence-electron chi connectivity index (χ0n) is 83.3. The lowest BCUT2D eigenvalue weighted by molar-refractivity contribution is -0.576. The van der Waals surface area contributed by atoms with Crippen molar-refractivity contribution in [1.29, 1.82) is 0 Å². The average Bonchev–Trinajstić information content (AvgIpc) is 1.59. The van der Waals surface area contributed by atoms with Crippen LogP contribution >= 0.6 is 23.4 Å². The highest BCUT2D eigenvalue weighted by molar-refractivity contribution is 8.04. The van der Waals surface area contributed by atoms with Crippen molar-refractivity contribution in [2.75, 3.05) is 27.3 Å². The number of hydrogen-bond donors (Lipinski definition) is 8. The van der Waals surface area contributed by atoms with Crippen LogP contribution in [0.2, 0.25) is 5.02 Å². The van der Waals surface area contributed by atoms with Gasteiger partial charge in [0.1, 0.15) is 33.6 Å². The molecule has 29 atom stereocenters. The maximum absolute atomic E-state index is 12.9. The highest BCUT2D eigenvalue weighted by atomic mass is 35.5. The highest BCUT2D eigenvalue weighted by Gasteiger charge is 2.72. The topological polar surface area (TPSA) is 369 Å². The van der Waals surface area contributed by atoms with Gasteiger partial charge >= 0.3 is 23.9 Å². The quantitative estimate of drug-likeness (QED) is 0.0335. The predicted octanol–water partition coefficient (Wildman–Crippen LogP) is 17.2. The number of aliphatic hydroxyl groups excluding tert-OH is 2. The number of Topliss-reactive ketones (excluding diaryl/α,β-unsaturated/α-hetero) is 1. The number of aliphatic carboxylic acids is 2. The van der Waals surface area contributed by atoms with E-state index in [1.807, 2.05) is 57.2 Å². The van der Waals surface area contributed by atoms with Gasteiger partial charge in [0.15, 0.2) is 30.1 Å². The summed E-state index contributed by atoms with van der Waals surface area (Å²) in [5.41, 5.74) is 3.99. The summed E-state index contributed by atoms with van der Waals surface area (Å²) in [4.78, 5) is 110. The molecule has 2 aromatic rings. The van der Waals surface area contributed by atoms with Gasteiger partial charge in [0.05, 0.1) is 37.1 Å². The van der Waals surface area contributed by atoms with Crippen molar-refractivity contribution in [3.63, 3.8) is 0 Å². The van der Waals surface area contributed by atoms with Crippen molar-refractivity contribution in [2.24, 2.45) is 98.6 Å². The van der Waals surface area contributed by atoms with Gasteiger partial charge in [0.25, 0.3) is 0 Å². The SMILES string of the molecule is C#C[C@@]1(O)CC[C@H]2[C@@H]3CCC4=CC(=O)CCC4=C3C=C[C@]21CC.C#C[C@]1(O)CC[C@H]2[C@@H]3CCc4cc(O)ccc4[C@H]3CC[C@]21C.CC(=O)OCC(=O)C1(O)CC[C@H]2[C@@H]3CCC4=CC(=O)C=C[C@]4(C)C3[C@@H](O)C[C@@]21C.CC(C)CC(N(C)C)C1(c2ccc(Cl)cc2)CCC1.C[C@@H](O)C1C(=O)N2C(C(=O)O)=C([C@H]3CCCO3)S[C@H]12.C[C@H]1[C@@H](OC(=O)CCC(=O)O)O[C@@H]2O[C@@]3(C)CC[C@@H]4[C@H](C)CC[C@@H]1[C@@]24OO3. The molecule has 22 rings (SSSR count). The first-order valence-corrected chi connectivity index (χ1v) is 52.7. The molecule has 2 bridgehead atoms. The van der Waals surface area contributed by atoms with Crippen molar-refractivity contribution in [2.45, 2.75) is 351 Å². The zero-order valence-corrected chi connectivity index (χ0v) is 84.9. The number of likely N-dealkylation sites (N-methyl/N-ethyl adjacent to an activating group) is 1. The van der Waals surface area contributed by atoms with Crippen molar-refractivity contribution >= 4 is 70.5 Å². The number of β-lactam (4-membered cyclic amide) rings is 1. The molecule has 7 heterocycles. The fraction of sp³-hybridized carbons (Fsp3) is 0.679. The lowest BCUT2D eigenvalue weighted by Gasteiger charge is -2.59. The van der Waals surface area contributed by atoms with Crippen molar-refractivity contribution in [3.8, 4) is 30.4 Å². The monoisotopic (exact) mass is 1950 g/mol. The van der Waals surface area contributed by atoms with E-state index in [-0.39, 0.29) is 99.2 Å². The summed E-state index contributed by atoms with van der Waals surface area (Å²) in [7, 11) is 4.45. The van der Waals surface area contributed by atoms with Crippen LogP contribution in [-0.2, 0) is 83.7 Å². The van der Waals surface area contributed by atoms with Gasteiger partial charge in [-0.15, -0.1) is 12.8 Å². The van der Waals surface area contributed by atoms with E-state index in [2.05, 4.69) is 103 Å². The summed E-state index contributed by atoms with van der Waals surface area (Å²) in [5, 5.41) is 82.6. The van der Waals surface area contributed by atoms with Crippen LogP contribution in [0.5, 0.6) is 5.75 Å². The van der Waals surface area contributed by atoms with Crippen LogP contribution in [-0.4, -0.2) is 196 Å². The molecule has 1 amide bonds. The third-order valence-electron chi connectivity index (χ3n) is 37.8. The number of benzene rings is 2. The van der Waals surface area contributed by atoms with Crippen LogP contribution in [0, 0.1) is 123 Å². The summed E-state index contributed by atoms with van der Waals surface area (Å²) < 4.78 is 28.2. The van der Waals surface area contributed by atoms with Gasteiger partial charge in [0.2, 0.25) is 23.8 Å². The molecule has 0 aromatic heterocycles. The number of nitrogens with zero attached hydrogens (tertiary/aromatic N) is 2. The largest absolute Gasteiger partial charge is 0.508 e. The number of phenolic OH excluding ortho intramolecular Hbond substituents is 1. The molecular weight excluding hydrogens is 1810 g/mol. The molecule has 13 aliphatic carbocycles. The maximum atomic E-state index is 12.9. The minimum atomic E-state index is -1.60. The smallest absolute Gasteiger partial charge is 0.353 e. The normalized spacial score (nSPS) is 40.1. The predicted molar refractivity (Wildman–Crippen MR) is 522 cm³/mol. The minimum Gasteiger partial charge on any atom is -0.508 e. The van der Waals surface area contributed by atoms with Crippen LogP contribution in [0.25, 0.3) is 0 Å². The number of carboxylic acid groups (broad SMARTS) is 2. The first-order chi connectivity index (χ1) is 65.8. The Labute approximate surface area is 828 Å². The molecule has 14 fully saturated rings. The molecule has 8 saturated carbocycles. The molecule has 7 aliphatic heterocycles. The van der Waals surface area contributed by atoms with Crippen molar-refractivity contribution < 1.29 is 113 Å². The zero-order chi connectivity index (χ0) is 100. The Kier molecular flexibility index (Phi) is 30.0. The van der Waals surface area contributed by atoms with E-state index in [0.717, 1.165) is 132 Å². The molecule has 6 saturated heterocycles. The number of fused-ring (bicyclic) bond motifs is 17. The molecule has 27 heteroatoms. The Morgan fingerprint density at radius 1 is 0.727 bits per heavy atom. The number of aryl methyl sites for hydroxylation is 1. The number of ketones is 3. The Hall–Kier alpha value is -7.64. The number of ether oxygens (including phenoxy) is 5. The highest BCUT2D eigenvalue weighted by Crippen LogP contribution is 2.70. The number of carbonyl (C=O) groups is 8. The number of allylic oxidation sites excluding steroid dienone is 9. The number of thioether (sulfide) groups is 1. The maximum Gasteiger partial charge on any atom is 0.353 e. The van der Waals surface area contributed by atoms with Crippen LogP contribution in [0.3, 0.4) is 0 Å². The molecule has 2 aromatic carbocycles. The van der Waals surface area contributed by atoms with Gasteiger partial charge in [0, 0.05) is 87.2 Å². The number of halogens is 1. The summed E-state index contributed by atoms with van der Waals surface area (Å²) in [5.74, 6) is 4.88. The number of carboxylic acids is 2. The number of amides is 1. The van der Waals surface area contributed by atoms with E-state index in [1.165, 1.54) is 82.7 Å². The number of terminal acetylenes is 2. The number of esters is 2. The lowest BCUT2D eigenvalue weighted by atomic mass is 9.46. The fourth-order valence-corrected chi connectivity index (χ4v) is 32.2. The van der Waals surface area contributed by atoms with Gasteiger partial charge in [-0.3, -0.25) is 38.5 Å². The molecule has 139 heavy (non-hydrogen) atoms.